The smallest absolute Gasteiger partial charge is 0.177 e. The number of aryl methyl sites for hydroxylation is 3. The Morgan fingerprint density at radius 2 is 1.80 bits per heavy atom. The summed E-state index contributed by atoms with van der Waals surface area (Å²) in [5.74, 6) is 2.62. The number of sulfone groups is 1. The first kappa shape index (κ1) is 26.5. The Bertz CT molecular complexity index is 1690. The predicted octanol–water partition coefficient (Wildman–Crippen LogP) is 6.13. The van der Waals surface area contributed by atoms with Gasteiger partial charge in [0.2, 0.25) is 0 Å². The first-order valence-corrected chi connectivity index (χ1v) is 16.7. The summed E-state index contributed by atoms with van der Waals surface area (Å²) in [5.41, 5.74) is 4.89. The van der Waals surface area contributed by atoms with Crippen molar-refractivity contribution in [2.24, 2.45) is 0 Å². The minimum Gasteiger partial charge on any atom is -0.358 e. The van der Waals surface area contributed by atoms with Gasteiger partial charge in [-0.3, -0.25) is 9.25 Å². The summed E-state index contributed by atoms with van der Waals surface area (Å²) in [6, 6.07) is 9.74. The zero-order chi connectivity index (χ0) is 28.1. The molecule has 2 fully saturated rings. The molecule has 10 nitrogen and oxygen atoms in total. The third kappa shape index (κ3) is 5.32. The van der Waals surface area contributed by atoms with Crippen molar-refractivity contribution in [2.45, 2.75) is 88.3 Å². The molecule has 3 aromatic heterocycles. The summed E-state index contributed by atoms with van der Waals surface area (Å²) >= 11 is 0. The SMILES string of the molecule is Cc1nc2c(Nc3ccc(C4CC4)cc3S(C)(=O)=O)cc(Nc3cc4n(n3)CCCCC4)nc2n1C1CCCCO1. The summed E-state index contributed by atoms with van der Waals surface area (Å²) in [6.45, 7) is 3.60. The molecule has 0 bridgehead atoms. The molecule has 1 aliphatic carbocycles. The van der Waals surface area contributed by atoms with E-state index in [-0.39, 0.29) is 6.23 Å². The quantitative estimate of drug-likeness (QED) is 0.270. The Kier molecular flexibility index (Phi) is 6.73. The third-order valence-corrected chi connectivity index (χ3v) is 9.55. The number of rotatable bonds is 7. The molecule has 0 radical (unpaired) electrons. The van der Waals surface area contributed by atoms with E-state index in [2.05, 4.69) is 25.9 Å². The molecule has 41 heavy (non-hydrogen) atoms. The highest BCUT2D eigenvalue weighted by atomic mass is 32.2. The lowest BCUT2D eigenvalue weighted by atomic mass is 10.1. The third-order valence-electron chi connectivity index (χ3n) is 8.41. The standard InChI is InChI=1S/C30H37N7O3S/c1-19-31-29-24(32-23-13-12-21(20-10-11-20)16-25(23)41(2,38)39)18-26(34-30(29)37(19)28-9-5-7-15-40-28)33-27-17-22-8-4-3-6-14-36(22)35-27/h12-13,16-18,20,28H,3-11,14-15H2,1-2H3,(H2,32,33,34,35). The largest absolute Gasteiger partial charge is 0.358 e. The van der Waals surface area contributed by atoms with E-state index in [1.807, 2.05) is 31.2 Å². The number of benzene rings is 1. The molecule has 1 saturated carbocycles. The van der Waals surface area contributed by atoms with Gasteiger partial charge in [0.05, 0.1) is 16.3 Å². The van der Waals surface area contributed by atoms with Crippen LogP contribution < -0.4 is 10.6 Å². The van der Waals surface area contributed by atoms with Crippen molar-refractivity contribution >= 4 is 44.0 Å². The lowest BCUT2D eigenvalue weighted by Crippen LogP contribution is -2.19. The average Bonchev–Trinajstić information content (AvgIpc) is 3.69. The van der Waals surface area contributed by atoms with Crippen molar-refractivity contribution in [1.82, 2.24) is 24.3 Å². The molecule has 1 unspecified atom stereocenters. The van der Waals surface area contributed by atoms with E-state index in [1.54, 1.807) is 0 Å². The van der Waals surface area contributed by atoms with E-state index in [1.165, 1.54) is 24.8 Å². The Balaban J connectivity index is 1.32. The van der Waals surface area contributed by atoms with Gasteiger partial charge in [0.1, 0.15) is 23.4 Å². The predicted molar refractivity (Wildman–Crippen MR) is 159 cm³/mol. The van der Waals surface area contributed by atoms with E-state index in [0.717, 1.165) is 68.7 Å². The van der Waals surface area contributed by atoms with Crippen LogP contribution in [-0.2, 0) is 27.5 Å². The molecular formula is C30H37N7O3S. The number of anilines is 4. The maximum atomic E-state index is 12.9. The molecule has 7 rings (SSSR count). The number of imidazole rings is 1. The zero-order valence-electron chi connectivity index (χ0n) is 23.7. The van der Waals surface area contributed by atoms with Crippen LogP contribution in [0.2, 0.25) is 0 Å². The molecule has 1 atom stereocenters. The van der Waals surface area contributed by atoms with Crippen molar-refractivity contribution in [3.8, 4) is 0 Å². The zero-order valence-corrected chi connectivity index (χ0v) is 24.5. The number of nitrogens with zero attached hydrogens (tertiary/aromatic N) is 5. The number of ether oxygens (including phenoxy) is 1. The molecule has 3 aliphatic rings. The van der Waals surface area contributed by atoms with Gasteiger partial charge in [-0.2, -0.15) is 5.10 Å². The first-order valence-electron chi connectivity index (χ1n) is 14.8. The molecule has 2 aliphatic heterocycles. The number of aromatic nitrogens is 5. The normalized spacial score (nSPS) is 19.6. The van der Waals surface area contributed by atoms with E-state index in [4.69, 9.17) is 19.8 Å². The van der Waals surface area contributed by atoms with Crippen molar-refractivity contribution in [1.29, 1.82) is 0 Å². The molecule has 5 heterocycles. The van der Waals surface area contributed by atoms with Crippen molar-refractivity contribution in [3.05, 3.63) is 47.4 Å². The maximum absolute atomic E-state index is 12.9. The minimum absolute atomic E-state index is 0.141. The van der Waals surface area contributed by atoms with Crippen LogP contribution >= 0.6 is 0 Å². The van der Waals surface area contributed by atoms with Gasteiger partial charge in [-0.15, -0.1) is 0 Å². The summed E-state index contributed by atoms with van der Waals surface area (Å²) in [5, 5.41) is 11.7. The molecular weight excluding hydrogens is 538 g/mol. The maximum Gasteiger partial charge on any atom is 0.177 e. The van der Waals surface area contributed by atoms with Gasteiger partial charge in [0.25, 0.3) is 0 Å². The van der Waals surface area contributed by atoms with Crippen LogP contribution in [0.25, 0.3) is 11.2 Å². The highest BCUT2D eigenvalue weighted by Crippen LogP contribution is 2.42. The van der Waals surface area contributed by atoms with Crippen LogP contribution in [0, 0.1) is 6.92 Å². The molecule has 4 aromatic rings. The first-order chi connectivity index (χ1) is 19.8. The van der Waals surface area contributed by atoms with Crippen molar-refractivity contribution in [2.75, 3.05) is 23.5 Å². The van der Waals surface area contributed by atoms with Gasteiger partial charge < -0.3 is 15.4 Å². The highest BCUT2D eigenvalue weighted by molar-refractivity contribution is 7.90. The number of pyridine rings is 1. The van der Waals surface area contributed by atoms with E-state index >= 15 is 0 Å². The molecule has 0 amide bonds. The summed E-state index contributed by atoms with van der Waals surface area (Å²) in [6.07, 6.45) is 10.9. The summed E-state index contributed by atoms with van der Waals surface area (Å²) in [7, 11) is -3.47. The van der Waals surface area contributed by atoms with Crippen LogP contribution in [0.4, 0.5) is 23.0 Å². The summed E-state index contributed by atoms with van der Waals surface area (Å²) < 4.78 is 36.1. The number of hydrogen-bond acceptors (Lipinski definition) is 8. The highest BCUT2D eigenvalue weighted by Gasteiger charge is 2.27. The fourth-order valence-corrected chi connectivity index (χ4v) is 7.02. The Hall–Kier alpha value is -3.44. The van der Waals surface area contributed by atoms with Crippen LogP contribution in [0.15, 0.2) is 35.2 Å². The monoisotopic (exact) mass is 575 g/mol. The average molecular weight is 576 g/mol. The van der Waals surface area contributed by atoms with E-state index < -0.39 is 9.84 Å². The number of fused-ring (bicyclic) bond motifs is 2. The molecule has 2 N–H and O–H groups in total. The number of hydrogen-bond donors (Lipinski definition) is 2. The minimum atomic E-state index is -3.47. The van der Waals surface area contributed by atoms with Crippen LogP contribution in [-0.4, -0.2) is 45.6 Å². The molecule has 11 heteroatoms. The number of nitrogens with one attached hydrogen (secondary N) is 2. The Morgan fingerprint density at radius 1 is 0.927 bits per heavy atom. The Labute approximate surface area is 240 Å². The van der Waals surface area contributed by atoms with E-state index in [9.17, 15) is 8.42 Å². The second-order valence-electron chi connectivity index (χ2n) is 11.7. The molecule has 1 saturated heterocycles. The van der Waals surface area contributed by atoms with Gasteiger partial charge in [0, 0.05) is 37.2 Å². The van der Waals surface area contributed by atoms with E-state index in [0.29, 0.717) is 45.8 Å². The fourth-order valence-electron chi connectivity index (χ4n) is 6.16. The fraction of sp³-hybridized carbons (Fsp3) is 0.500. The van der Waals surface area contributed by atoms with Gasteiger partial charge in [-0.1, -0.05) is 12.5 Å². The van der Waals surface area contributed by atoms with Gasteiger partial charge in [0.15, 0.2) is 21.3 Å². The lowest BCUT2D eigenvalue weighted by molar-refractivity contribution is -0.0308. The van der Waals surface area contributed by atoms with Gasteiger partial charge in [-0.25, -0.2) is 18.4 Å². The molecule has 1 aromatic carbocycles. The van der Waals surface area contributed by atoms with Crippen molar-refractivity contribution in [3.63, 3.8) is 0 Å². The molecule has 216 valence electrons. The Morgan fingerprint density at radius 3 is 2.59 bits per heavy atom. The second-order valence-corrected chi connectivity index (χ2v) is 13.7. The van der Waals surface area contributed by atoms with Crippen LogP contribution in [0.1, 0.15) is 80.6 Å². The summed E-state index contributed by atoms with van der Waals surface area (Å²) in [4.78, 5) is 10.2. The lowest BCUT2D eigenvalue weighted by Gasteiger charge is -2.25. The van der Waals surface area contributed by atoms with Crippen molar-refractivity contribution < 1.29 is 13.2 Å². The molecule has 0 spiro atoms. The topological polar surface area (TPSA) is 116 Å². The van der Waals surface area contributed by atoms with Gasteiger partial charge >= 0.3 is 0 Å². The van der Waals surface area contributed by atoms with Gasteiger partial charge in [-0.05, 0) is 81.9 Å². The second kappa shape index (κ2) is 10.4. The van der Waals surface area contributed by atoms with Crippen LogP contribution in [0.3, 0.4) is 0 Å². The van der Waals surface area contributed by atoms with Crippen LogP contribution in [0.5, 0.6) is 0 Å².